The quantitative estimate of drug-likeness (QED) is 0.286. The Kier molecular flexibility index (Phi) is 6.55. The van der Waals surface area contributed by atoms with Crippen LogP contribution in [0.4, 0.5) is 5.69 Å². The largest absolute Gasteiger partial charge is 0.508 e. The molecule has 3 aliphatic heterocycles. The van der Waals surface area contributed by atoms with Gasteiger partial charge in [0, 0.05) is 30.0 Å². The van der Waals surface area contributed by atoms with Crippen molar-refractivity contribution in [2.75, 3.05) is 31.5 Å². The van der Waals surface area contributed by atoms with Crippen molar-refractivity contribution in [3.63, 3.8) is 0 Å². The number of carbonyl (C=O) groups excluding carboxylic acids is 2. The molecule has 3 aliphatic rings. The monoisotopic (exact) mass is 471 g/mol. The molecule has 2 N–H and O–H groups in total. The third-order valence-corrected chi connectivity index (χ3v) is 7.41. The zero-order chi connectivity index (χ0) is 24.3. The van der Waals surface area contributed by atoms with Crippen molar-refractivity contribution >= 4 is 17.4 Å². The number of aromatic hydroxyl groups is 1. The summed E-state index contributed by atoms with van der Waals surface area (Å²) in [6, 6.07) is 25.2. The van der Waals surface area contributed by atoms with Gasteiger partial charge in [-0.05, 0) is 29.8 Å². The predicted molar refractivity (Wildman–Crippen MR) is 134 cm³/mol. The molecule has 3 fully saturated rings. The lowest BCUT2D eigenvalue weighted by molar-refractivity contribution is -0.938. The minimum atomic E-state index is -0.614. The number of nitrogens with one attached hydrogen (secondary N) is 1. The lowest BCUT2D eigenvalue weighted by Crippen LogP contribution is -2.65. The van der Waals surface area contributed by atoms with Crippen LogP contribution in [0.3, 0.4) is 0 Å². The molecule has 0 radical (unpaired) electrons. The van der Waals surface area contributed by atoms with E-state index in [0.29, 0.717) is 29.1 Å². The smallest absolute Gasteiger partial charge is 0.333 e. The molecule has 0 saturated carbocycles. The van der Waals surface area contributed by atoms with Crippen molar-refractivity contribution in [1.82, 2.24) is 0 Å². The van der Waals surface area contributed by atoms with Crippen LogP contribution in [0.2, 0.25) is 0 Å². The Hall–Kier alpha value is -3.64. The topological polar surface area (TPSA) is 75.6 Å². The van der Waals surface area contributed by atoms with Crippen LogP contribution >= 0.6 is 0 Å². The number of anilines is 1. The predicted octanol–water partition coefficient (Wildman–Crippen LogP) is 4.58. The number of fused-ring (bicyclic) bond motifs is 3. The first kappa shape index (κ1) is 23.1. The molecule has 6 rings (SSSR count). The lowest BCUT2D eigenvalue weighted by Gasteiger charge is -2.51. The summed E-state index contributed by atoms with van der Waals surface area (Å²) in [4.78, 5) is 26.5. The first-order valence-electron chi connectivity index (χ1n) is 12.3. The fourth-order valence-electron chi connectivity index (χ4n) is 5.49. The zero-order valence-electron chi connectivity index (χ0n) is 19.7. The van der Waals surface area contributed by atoms with Crippen molar-refractivity contribution in [1.29, 1.82) is 0 Å². The number of ketones is 1. The maximum absolute atomic E-state index is 13.5. The second kappa shape index (κ2) is 9.92. The lowest BCUT2D eigenvalue weighted by atomic mass is 9.82. The van der Waals surface area contributed by atoms with E-state index in [1.54, 1.807) is 18.2 Å². The van der Waals surface area contributed by atoms with Gasteiger partial charge in [-0.3, -0.25) is 4.79 Å². The number of hydrogen-bond acceptors (Lipinski definition) is 5. The van der Waals surface area contributed by atoms with Crippen LogP contribution in [0.25, 0.3) is 0 Å². The fourth-order valence-corrected chi connectivity index (χ4v) is 5.49. The number of hydrogen-bond donors (Lipinski definition) is 2. The second-order valence-corrected chi connectivity index (χ2v) is 9.77. The third-order valence-electron chi connectivity index (χ3n) is 7.41. The molecule has 6 nitrogen and oxygen atoms in total. The number of rotatable bonds is 8. The van der Waals surface area contributed by atoms with E-state index in [1.165, 1.54) is 6.07 Å². The minimum Gasteiger partial charge on any atom is -0.508 e. The Morgan fingerprint density at radius 2 is 1.63 bits per heavy atom. The van der Waals surface area contributed by atoms with Gasteiger partial charge in [0.25, 0.3) is 0 Å². The molecule has 180 valence electrons. The van der Waals surface area contributed by atoms with Crippen molar-refractivity contribution in [3.8, 4) is 5.75 Å². The summed E-state index contributed by atoms with van der Waals surface area (Å²) in [5.74, 6) is 0.136. The summed E-state index contributed by atoms with van der Waals surface area (Å²) in [7, 11) is 0. The molecule has 2 atom stereocenters. The Balaban J connectivity index is 1.31. The number of esters is 1. The van der Waals surface area contributed by atoms with E-state index in [2.05, 4.69) is 5.32 Å². The summed E-state index contributed by atoms with van der Waals surface area (Å²) in [5, 5.41) is 13.1. The van der Waals surface area contributed by atoms with Gasteiger partial charge in [-0.25, -0.2) is 4.79 Å². The maximum Gasteiger partial charge on any atom is 0.333 e. The number of Topliss-reactive ketones (excluding diaryl/α,β-unsaturated/α-hetero) is 1. The maximum atomic E-state index is 13.5. The molecule has 3 saturated heterocycles. The molecule has 3 aromatic carbocycles. The summed E-state index contributed by atoms with van der Waals surface area (Å²) in [6.07, 6.45) is 1.66. The molecule has 0 aromatic heterocycles. The molecule has 3 aromatic rings. The van der Waals surface area contributed by atoms with Crippen LogP contribution in [0.1, 0.15) is 34.8 Å². The van der Waals surface area contributed by atoms with Gasteiger partial charge in [0.2, 0.25) is 5.78 Å². The zero-order valence-corrected chi connectivity index (χ0v) is 19.7. The summed E-state index contributed by atoms with van der Waals surface area (Å²) < 4.78 is 6.81. The van der Waals surface area contributed by atoms with E-state index in [9.17, 15) is 14.7 Å². The number of piperidine rings is 3. The molecule has 3 heterocycles. The van der Waals surface area contributed by atoms with Crippen LogP contribution in [0.5, 0.6) is 5.75 Å². The summed E-state index contributed by atoms with van der Waals surface area (Å²) in [6.45, 7) is 2.82. The molecule has 0 aliphatic carbocycles. The van der Waals surface area contributed by atoms with E-state index in [4.69, 9.17) is 4.74 Å². The van der Waals surface area contributed by atoms with Gasteiger partial charge < -0.3 is 19.6 Å². The first-order chi connectivity index (χ1) is 17.0. The molecule has 0 amide bonds. The van der Waals surface area contributed by atoms with Gasteiger partial charge in [-0.2, -0.15) is 0 Å². The van der Waals surface area contributed by atoms with Crippen molar-refractivity contribution < 1.29 is 23.9 Å². The van der Waals surface area contributed by atoms with Gasteiger partial charge in [0.05, 0.1) is 13.1 Å². The van der Waals surface area contributed by atoms with Crippen LogP contribution in [0.15, 0.2) is 84.9 Å². The fraction of sp³-hybridized carbons (Fsp3) is 0.310. The van der Waals surface area contributed by atoms with Crippen LogP contribution in [-0.4, -0.2) is 53.6 Å². The number of carbonyl (C=O) groups is 2. The third kappa shape index (κ3) is 5.23. The molecular weight excluding hydrogens is 440 g/mol. The van der Waals surface area contributed by atoms with E-state index < -0.39 is 6.04 Å². The Labute approximate surface area is 205 Å². The van der Waals surface area contributed by atoms with E-state index in [0.717, 1.165) is 37.2 Å². The molecule has 6 heteroatoms. The van der Waals surface area contributed by atoms with Crippen LogP contribution in [-0.2, 0) is 9.53 Å². The van der Waals surface area contributed by atoms with Gasteiger partial charge in [0.1, 0.15) is 18.8 Å². The Morgan fingerprint density at radius 1 is 0.943 bits per heavy atom. The second-order valence-electron chi connectivity index (χ2n) is 9.77. The first-order valence-corrected chi connectivity index (χ1v) is 12.3. The Morgan fingerprint density at radius 3 is 2.31 bits per heavy atom. The van der Waals surface area contributed by atoms with E-state index >= 15 is 0 Å². The number of phenols is 1. The van der Waals surface area contributed by atoms with Crippen molar-refractivity contribution in [2.45, 2.75) is 25.0 Å². The highest BCUT2D eigenvalue weighted by atomic mass is 16.5. The number of ether oxygens (including phenoxy) is 1. The van der Waals surface area contributed by atoms with Gasteiger partial charge in [-0.15, -0.1) is 0 Å². The SMILES string of the molecule is O=C(C[N+]12CCC(CC1)[C@@H](OC(=O)[C@H](Nc1ccccc1)c1ccccc1)C2)c1cccc(O)c1. The molecule has 0 spiro atoms. The number of nitrogens with zero attached hydrogens (tertiary/aromatic N) is 1. The van der Waals surface area contributed by atoms with E-state index in [-0.39, 0.29) is 23.6 Å². The molecular formula is C29H31N2O4+. The Bertz CT molecular complexity index is 1170. The van der Waals surface area contributed by atoms with Gasteiger partial charge in [0.15, 0.2) is 12.1 Å². The van der Waals surface area contributed by atoms with Gasteiger partial charge >= 0.3 is 5.97 Å². The number of para-hydroxylation sites is 1. The molecule has 35 heavy (non-hydrogen) atoms. The van der Waals surface area contributed by atoms with E-state index in [1.807, 2.05) is 60.7 Å². The normalized spacial score (nSPS) is 23.9. The average Bonchev–Trinajstić information content (AvgIpc) is 2.89. The highest BCUT2D eigenvalue weighted by molar-refractivity contribution is 5.97. The van der Waals surface area contributed by atoms with Gasteiger partial charge in [-0.1, -0.05) is 60.7 Å². The average molecular weight is 472 g/mol. The molecule has 2 bridgehead atoms. The van der Waals surface area contributed by atoms with Crippen molar-refractivity contribution in [3.05, 3.63) is 96.1 Å². The highest BCUT2D eigenvalue weighted by Crippen LogP contribution is 2.37. The molecule has 0 unspecified atom stereocenters. The number of benzene rings is 3. The highest BCUT2D eigenvalue weighted by Gasteiger charge is 2.49. The van der Waals surface area contributed by atoms with Crippen LogP contribution in [0, 0.1) is 5.92 Å². The van der Waals surface area contributed by atoms with Crippen molar-refractivity contribution in [2.24, 2.45) is 5.92 Å². The summed E-state index contributed by atoms with van der Waals surface area (Å²) >= 11 is 0. The number of phenolic OH excluding ortho intramolecular Hbond substituents is 1. The van der Waals surface area contributed by atoms with Crippen LogP contribution < -0.4 is 5.32 Å². The number of quaternary nitrogens is 1. The standard InChI is InChI=1S/C29H30N2O4/c32-25-13-7-10-23(18-25)26(33)19-31-16-14-21(15-17-31)27(20-31)35-29(34)28(22-8-3-1-4-9-22)30-24-11-5-2-6-12-24/h1-13,18,21,27-28,30H,14-17,19-20H2/p+1/t21?,27-,28+,31?/m0/s1. The minimum absolute atomic E-state index is 0.0132. The summed E-state index contributed by atoms with van der Waals surface area (Å²) in [5.41, 5.74) is 2.23.